The summed E-state index contributed by atoms with van der Waals surface area (Å²) in [6.07, 6.45) is 12.7. The molecule has 56 heavy (non-hydrogen) atoms. The van der Waals surface area contributed by atoms with E-state index >= 15 is 0 Å². The van der Waals surface area contributed by atoms with Gasteiger partial charge in [-0.1, -0.05) is 57.9 Å². The van der Waals surface area contributed by atoms with Crippen molar-refractivity contribution in [2.45, 2.75) is 166 Å². The molecule has 2 heterocycles. The molecule has 1 amide bonds. The number of nitrogens with zero attached hydrogens (tertiary/aromatic N) is 2. The van der Waals surface area contributed by atoms with E-state index in [0.717, 1.165) is 83.7 Å². The molecule has 0 spiro atoms. The van der Waals surface area contributed by atoms with Crippen LogP contribution in [-0.4, -0.2) is 89.1 Å². The van der Waals surface area contributed by atoms with Gasteiger partial charge in [0.15, 0.2) is 0 Å². The third-order valence-corrected chi connectivity index (χ3v) is 16.1. The molecule has 318 valence electrons. The van der Waals surface area contributed by atoms with E-state index in [0.29, 0.717) is 53.7 Å². The topological polar surface area (TPSA) is 59.1 Å². The number of benzene rings is 1. The highest BCUT2D eigenvalue weighted by atomic mass is 32.2. The van der Waals surface area contributed by atoms with Gasteiger partial charge in [0, 0.05) is 55.0 Å². The molecular weight excluding hydrogens is 748 g/mol. The summed E-state index contributed by atoms with van der Waals surface area (Å²) >= 11 is 0. The van der Waals surface area contributed by atoms with Gasteiger partial charge in [0.25, 0.3) is 0 Å². The number of methoxy groups -OCH3 is 1. The number of amides is 1. The number of alkyl halides is 5. The van der Waals surface area contributed by atoms with Crippen LogP contribution in [0.25, 0.3) is 0 Å². The molecule has 4 fully saturated rings. The maximum atomic E-state index is 13.4. The molecule has 3 aliphatic carbocycles. The van der Waals surface area contributed by atoms with Crippen molar-refractivity contribution in [2.75, 3.05) is 44.8 Å². The Hall–Kier alpha value is -1.79. The molecule has 6 rings (SSSR count). The lowest BCUT2D eigenvalue weighted by Crippen LogP contribution is -2.48. The summed E-state index contributed by atoms with van der Waals surface area (Å²) in [7, 11) is 0.511. The molecule has 2 saturated heterocycles. The summed E-state index contributed by atoms with van der Waals surface area (Å²) < 4.78 is 87.6. The molecule has 1 aromatic carbocycles. The van der Waals surface area contributed by atoms with Crippen LogP contribution in [0.4, 0.5) is 26.7 Å². The van der Waals surface area contributed by atoms with E-state index < -0.39 is 35.7 Å². The normalized spacial score (nSPS) is 29.4. The van der Waals surface area contributed by atoms with Gasteiger partial charge in [0.1, 0.15) is 5.75 Å². The highest BCUT2D eigenvalue weighted by Crippen LogP contribution is 2.63. The van der Waals surface area contributed by atoms with Crippen molar-refractivity contribution in [1.29, 1.82) is 0 Å². The Labute approximate surface area is 334 Å². The standard InChI is InChI=1S/C44H67F5N2O4S/c1-42-23-19-37-36-16-15-35(55-41(52)51-26-20-34(21-27-51)50-24-10-8-11-25-50)31-33(36)30-32(40(37)38(42)17-18-39(42)54-2)14-9-6-4-3-5-7-12-28-56(53)29-13-22-43(45,46)44(47,48)49/h15-16,31-32,34,37-40H,3-14,17-30H2,1-2H3/t32-,37-,38+,39+,40-,42+,56?/m1/s1. The lowest BCUT2D eigenvalue weighted by molar-refractivity contribution is -0.284. The van der Waals surface area contributed by atoms with Crippen LogP contribution in [0.1, 0.15) is 146 Å². The molecule has 0 bridgehead atoms. The van der Waals surface area contributed by atoms with Crippen LogP contribution in [-0.2, 0) is 22.0 Å². The number of carbonyl (C=O) groups is 1. The van der Waals surface area contributed by atoms with Gasteiger partial charge in [0.2, 0.25) is 0 Å². The van der Waals surface area contributed by atoms with E-state index in [2.05, 4.69) is 24.0 Å². The van der Waals surface area contributed by atoms with Gasteiger partial charge in [-0.15, -0.1) is 0 Å². The number of ether oxygens (including phenoxy) is 2. The van der Waals surface area contributed by atoms with Crippen molar-refractivity contribution in [3.05, 3.63) is 29.3 Å². The zero-order valence-corrected chi connectivity index (χ0v) is 34.7. The second-order valence-electron chi connectivity index (χ2n) is 18.1. The van der Waals surface area contributed by atoms with Crippen molar-refractivity contribution in [3.63, 3.8) is 0 Å². The average Bonchev–Trinajstić information content (AvgIpc) is 3.53. The van der Waals surface area contributed by atoms with Crippen LogP contribution in [0.2, 0.25) is 0 Å². The van der Waals surface area contributed by atoms with Crippen molar-refractivity contribution in [1.82, 2.24) is 9.80 Å². The number of unbranched alkanes of at least 4 members (excludes halogenated alkanes) is 6. The quantitative estimate of drug-likeness (QED) is 0.116. The fraction of sp³-hybridized carbons (Fsp3) is 0.841. The average molecular weight is 815 g/mol. The van der Waals surface area contributed by atoms with Crippen LogP contribution in [0, 0.1) is 23.2 Å². The van der Waals surface area contributed by atoms with Gasteiger partial charge >= 0.3 is 18.2 Å². The second-order valence-corrected chi connectivity index (χ2v) is 19.8. The third-order valence-electron chi connectivity index (χ3n) is 14.6. The fourth-order valence-electron chi connectivity index (χ4n) is 11.6. The van der Waals surface area contributed by atoms with Crippen LogP contribution >= 0.6 is 0 Å². The monoisotopic (exact) mass is 814 g/mol. The first-order chi connectivity index (χ1) is 26.8. The molecule has 6 nitrogen and oxygen atoms in total. The van der Waals surface area contributed by atoms with Gasteiger partial charge in [-0.25, -0.2) is 4.79 Å². The lowest BCUT2D eigenvalue weighted by atomic mass is 9.52. The number of fused-ring (bicyclic) bond motifs is 5. The molecule has 0 radical (unpaired) electrons. The molecule has 7 atom stereocenters. The largest absolute Gasteiger partial charge is 0.453 e. The zero-order valence-electron chi connectivity index (χ0n) is 33.9. The first kappa shape index (κ1) is 43.8. The Kier molecular flexibility index (Phi) is 15.3. The smallest absolute Gasteiger partial charge is 0.410 e. The number of hydrogen-bond donors (Lipinski definition) is 0. The van der Waals surface area contributed by atoms with E-state index in [-0.39, 0.29) is 17.3 Å². The van der Waals surface area contributed by atoms with E-state index in [1.807, 2.05) is 18.1 Å². The summed E-state index contributed by atoms with van der Waals surface area (Å²) in [6.45, 7) is 6.36. The predicted molar refractivity (Wildman–Crippen MR) is 212 cm³/mol. The van der Waals surface area contributed by atoms with Gasteiger partial charge in [-0.3, -0.25) is 4.21 Å². The molecule has 1 unspecified atom stereocenters. The minimum absolute atomic E-state index is 0.115. The maximum absolute atomic E-state index is 13.4. The van der Waals surface area contributed by atoms with Crippen molar-refractivity contribution < 1.29 is 40.4 Å². The fourth-order valence-corrected chi connectivity index (χ4v) is 12.8. The van der Waals surface area contributed by atoms with Crippen LogP contribution in [0.3, 0.4) is 0 Å². The molecule has 12 heteroatoms. The van der Waals surface area contributed by atoms with Crippen molar-refractivity contribution in [3.8, 4) is 5.75 Å². The molecule has 5 aliphatic rings. The van der Waals surface area contributed by atoms with Crippen molar-refractivity contribution >= 4 is 16.9 Å². The Morgan fingerprint density at radius 2 is 1.54 bits per heavy atom. The Morgan fingerprint density at radius 1 is 0.857 bits per heavy atom. The van der Waals surface area contributed by atoms with Gasteiger partial charge in [-0.05, 0) is 142 Å². The van der Waals surface area contributed by atoms with E-state index in [4.69, 9.17) is 9.47 Å². The van der Waals surface area contributed by atoms with E-state index in [1.165, 1.54) is 62.7 Å². The van der Waals surface area contributed by atoms with Crippen LogP contribution in [0.5, 0.6) is 5.75 Å². The van der Waals surface area contributed by atoms with Crippen LogP contribution in [0.15, 0.2) is 18.2 Å². The summed E-state index contributed by atoms with van der Waals surface area (Å²) in [6, 6.07) is 7.05. The molecule has 2 saturated carbocycles. The third kappa shape index (κ3) is 10.5. The highest BCUT2D eigenvalue weighted by Gasteiger charge is 2.58. The first-order valence-corrected chi connectivity index (χ1v) is 23.5. The summed E-state index contributed by atoms with van der Waals surface area (Å²) in [5.74, 6) is -1.47. The van der Waals surface area contributed by atoms with Crippen LogP contribution < -0.4 is 4.74 Å². The number of carbonyl (C=O) groups excluding carboxylic acids is 1. The molecular formula is C44H67F5N2O4S. The zero-order chi connectivity index (χ0) is 39.9. The van der Waals surface area contributed by atoms with Crippen molar-refractivity contribution in [2.24, 2.45) is 23.2 Å². The summed E-state index contributed by atoms with van der Waals surface area (Å²) in [4.78, 5) is 17.9. The molecule has 2 aliphatic heterocycles. The van der Waals surface area contributed by atoms with Gasteiger partial charge in [-0.2, -0.15) is 22.0 Å². The summed E-state index contributed by atoms with van der Waals surface area (Å²) in [5.41, 5.74) is 3.01. The maximum Gasteiger partial charge on any atom is 0.453 e. The lowest BCUT2D eigenvalue weighted by Gasteiger charge is -2.53. The Morgan fingerprint density at radius 3 is 2.23 bits per heavy atom. The first-order valence-electron chi connectivity index (χ1n) is 22.0. The van der Waals surface area contributed by atoms with Gasteiger partial charge in [0.05, 0.1) is 6.10 Å². The number of hydrogen-bond acceptors (Lipinski definition) is 5. The molecule has 0 N–H and O–H groups in total. The number of likely N-dealkylation sites (tertiary alicyclic amines) is 2. The highest BCUT2D eigenvalue weighted by molar-refractivity contribution is 7.84. The minimum Gasteiger partial charge on any atom is -0.410 e. The number of halogens is 5. The minimum atomic E-state index is -5.55. The van der Waals surface area contributed by atoms with Gasteiger partial charge < -0.3 is 19.3 Å². The Balaban J connectivity index is 0.972. The van der Waals surface area contributed by atoms with E-state index in [9.17, 15) is 31.0 Å². The van der Waals surface area contributed by atoms with E-state index in [1.54, 1.807) is 0 Å². The molecule has 0 aromatic heterocycles. The number of piperidine rings is 2. The Bertz CT molecular complexity index is 1450. The number of rotatable bonds is 17. The SMILES string of the molecule is CO[C@H]1CC[C@H]2[C@@H]3[C@H](CCCCCCCCCS(=O)CCCC(F)(F)C(F)(F)F)Cc4cc(OC(=O)N5CCC(N6CCCCC6)CC5)ccc4[C@H]3CC[C@]12C. The predicted octanol–water partition coefficient (Wildman–Crippen LogP) is 11.1. The molecule has 1 aromatic rings. The second kappa shape index (κ2) is 19.5. The summed E-state index contributed by atoms with van der Waals surface area (Å²) in [5, 5.41) is 0.